The molecule has 0 aromatic heterocycles. The summed E-state index contributed by atoms with van der Waals surface area (Å²) in [6.07, 6.45) is 1.60. The van der Waals surface area contributed by atoms with Crippen molar-refractivity contribution in [1.29, 1.82) is 0 Å². The molecule has 0 aliphatic rings. The lowest BCUT2D eigenvalue weighted by Crippen LogP contribution is -1.93. The Balaban J connectivity index is 3.63. The van der Waals surface area contributed by atoms with Gasteiger partial charge in [0.15, 0.2) is 0 Å². The third-order valence-electron chi connectivity index (χ3n) is 2.52. The molecule has 0 N–H and O–H groups in total. The molecule has 0 fully saturated rings. The van der Waals surface area contributed by atoms with Crippen molar-refractivity contribution < 1.29 is 4.79 Å². The molecule has 78 valence electrons. The zero-order valence-electron chi connectivity index (χ0n) is 9.64. The Morgan fingerprint density at radius 3 is 2.40 bits per heavy atom. The van der Waals surface area contributed by atoms with Crippen LogP contribution in [-0.4, -0.2) is 6.08 Å². The van der Waals surface area contributed by atoms with Crippen molar-refractivity contribution in [3.63, 3.8) is 0 Å². The quantitative estimate of drug-likeness (QED) is 0.531. The zero-order chi connectivity index (χ0) is 11.6. The van der Waals surface area contributed by atoms with Crippen LogP contribution in [0.15, 0.2) is 17.6 Å². The van der Waals surface area contributed by atoms with Gasteiger partial charge < -0.3 is 0 Å². The number of hydrogen-bond donors (Lipinski definition) is 0. The lowest BCUT2D eigenvalue weighted by atomic mass is 9.93. The second kappa shape index (κ2) is 4.24. The second-order valence-corrected chi connectivity index (χ2v) is 3.84. The van der Waals surface area contributed by atoms with E-state index in [1.165, 1.54) is 5.56 Å². The molecule has 0 saturated heterocycles. The Kier molecular flexibility index (Phi) is 3.23. The van der Waals surface area contributed by atoms with Crippen LogP contribution in [0.5, 0.6) is 0 Å². The number of rotatable bonds is 2. The third-order valence-corrected chi connectivity index (χ3v) is 2.52. The smallest absolute Gasteiger partial charge is 0.211 e. The van der Waals surface area contributed by atoms with Crippen LogP contribution in [0.4, 0.5) is 5.69 Å². The minimum Gasteiger partial charge on any atom is -0.211 e. The number of isocyanates is 1. The lowest BCUT2D eigenvalue weighted by molar-refractivity contribution is 0.565. The van der Waals surface area contributed by atoms with Crippen LogP contribution in [0.3, 0.4) is 0 Å². The monoisotopic (exact) mass is 201 g/mol. The van der Waals surface area contributed by atoms with Crippen LogP contribution in [0, 0.1) is 20.8 Å². The number of benzene rings is 1. The van der Waals surface area contributed by atoms with E-state index in [1.807, 2.05) is 33.8 Å². The van der Waals surface area contributed by atoms with Gasteiger partial charge in [0.25, 0.3) is 0 Å². The molecule has 0 aliphatic carbocycles. The van der Waals surface area contributed by atoms with Gasteiger partial charge >= 0.3 is 0 Å². The topological polar surface area (TPSA) is 29.4 Å². The van der Waals surface area contributed by atoms with Gasteiger partial charge in [-0.15, -0.1) is 0 Å². The average Bonchev–Trinajstić information content (AvgIpc) is 2.11. The molecule has 1 rings (SSSR count). The SMILES string of the molecule is C=C(C)c1c(C)cc(C)c(N=C=O)c1C. The fourth-order valence-corrected chi connectivity index (χ4v) is 2.05. The summed E-state index contributed by atoms with van der Waals surface area (Å²) in [6.45, 7) is 11.8. The van der Waals surface area contributed by atoms with Crippen LogP contribution in [-0.2, 0) is 4.79 Å². The van der Waals surface area contributed by atoms with Crippen molar-refractivity contribution in [2.45, 2.75) is 27.7 Å². The van der Waals surface area contributed by atoms with Gasteiger partial charge in [-0.25, -0.2) is 4.79 Å². The molecule has 1 aromatic rings. The second-order valence-electron chi connectivity index (χ2n) is 3.84. The summed E-state index contributed by atoms with van der Waals surface area (Å²) in [5.41, 5.74) is 5.97. The molecule has 0 heterocycles. The van der Waals surface area contributed by atoms with Gasteiger partial charge in [-0.2, -0.15) is 4.99 Å². The minimum atomic E-state index is 0.716. The summed E-state index contributed by atoms with van der Waals surface area (Å²) in [7, 11) is 0. The molecular weight excluding hydrogens is 186 g/mol. The van der Waals surface area contributed by atoms with Crippen LogP contribution in [0.1, 0.15) is 29.2 Å². The average molecular weight is 201 g/mol. The van der Waals surface area contributed by atoms with Crippen LogP contribution < -0.4 is 0 Å². The van der Waals surface area contributed by atoms with Gasteiger partial charge in [-0.1, -0.05) is 18.2 Å². The van der Waals surface area contributed by atoms with E-state index >= 15 is 0 Å². The van der Waals surface area contributed by atoms with Crippen LogP contribution in [0.25, 0.3) is 5.57 Å². The molecule has 0 unspecified atom stereocenters. The Hall–Kier alpha value is -1.66. The summed E-state index contributed by atoms with van der Waals surface area (Å²) >= 11 is 0. The van der Waals surface area contributed by atoms with Gasteiger partial charge in [-0.3, -0.25) is 0 Å². The molecule has 0 radical (unpaired) electrons. The molecule has 0 atom stereocenters. The first-order chi connectivity index (χ1) is 6.99. The Bertz CT molecular complexity index is 440. The predicted molar refractivity (Wildman–Crippen MR) is 63.1 cm³/mol. The van der Waals surface area contributed by atoms with Crippen molar-refractivity contribution in [3.8, 4) is 0 Å². The number of allylic oxidation sites excluding steroid dienone is 1. The Morgan fingerprint density at radius 2 is 1.93 bits per heavy atom. The van der Waals surface area contributed by atoms with Gasteiger partial charge in [0.05, 0.1) is 5.69 Å². The molecule has 0 bridgehead atoms. The van der Waals surface area contributed by atoms with Crippen molar-refractivity contribution in [3.05, 3.63) is 34.9 Å². The first-order valence-corrected chi connectivity index (χ1v) is 4.83. The van der Waals surface area contributed by atoms with Crippen LogP contribution in [0.2, 0.25) is 0 Å². The highest BCUT2D eigenvalue weighted by Crippen LogP contribution is 2.32. The summed E-state index contributed by atoms with van der Waals surface area (Å²) < 4.78 is 0. The molecule has 0 spiro atoms. The van der Waals surface area contributed by atoms with Crippen molar-refractivity contribution in [2.24, 2.45) is 4.99 Å². The standard InChI is InChI=1S/C13H15NO/c1-8(2)12-9(3)6-10(4)13(11(12)5)14-7-15/h6H,1H2,2-5H3. The molecule has 15 heavy (non-hydrogen) atoms. The van der Waals surface area contributed by atoms with E-state index in [4.69, 9.17) is 0 Å². The number of aryl methyl sites for hydroxylation is 2. The van der Waals surface area contributed by atoms with E-state index in [-0.39, 0.29) is 0 Å². The predicted octanol–water partition coefficient (Wildman–Crippen LogP) is 3.61. The minimum absolute atomic E-state index is 0.716. The number of aliphatic imine (C=N–C) groups is 1. The maximum Gasteiger partial charge on any atom is 0.240 e. The van der Waals surface area contributed by atoms with E-state index in [9.17, 15) is 4.79 Å². The van der Waals surface area contributed by atoms with E-state index in [1.54, 1.807) is 6.08 Å². The number of hydrogen-bond acceptors (Lipinski definition) is 2. The molecule has 2 heteroatoms. The highest BCUT2D eigenvalue weighted by Gasteiger charge is 2.10. The zero-order valence-corrected chi connectivity index (χ0v) is 9.64. The van der Waals surface area contributed by atoms with Crippen molar-refractivity contribution in [2.75, 3.05) is 0 Å². The molecular formula is C13H15NO. The van der Waals surface area contributed by atoms with Crippen LogP contribution >= 0.6 is 0 Å². The largest absolute Gasteiger partial charge is 0.240 e. The third kappa shape index (κ3) is 2.05. The lowest BCUT2D eigenvalue weighted by Gasteiger charge is -2.13. The fraction of sp³-hybridized carbons (Fsp3) is 0.308. The summed E-state index contributed by atoms with van der Waals surface area (Å²) in [5.74, 6) is 0. The summed E-state index contributed by atoms with van der Waals surface area (Å²) in [5, 5.41) is 0. The van der Waals surface area contributed by atoms with E-state index in [0.717, 1.165) is 22.3 Å². The van der Waals surface area contributed by atoms with Gasteiger partial charge in [0, 0.05) is 0 Å². The Morgan fingerprint density at radius 1 is 1.33 bits per heavy atom. The highest BCUT2D eigenvalue weighted by atomic mass is 16.1. The fourth-order valence-electron chi connectivity index (χ4n) is 2.05. The molecule has 1 aromatic carbocycles. The van der Waals surface area contributed by atoms with Crippen molar-refractivity contribution in [1.82, 2.24) is 0 Å². The maximum absolute atomic E-state index is 10.3. The molecule has 0 aliphatic heterocycles. The van der Waals surface area contributed by atoms with E-state index in [2.05, 4.69) is 11.6 Å². The maximum atomic E-state index is 10.3. The molecule has 2 nitrogen and oxygen atoms in total. The first-order valence-electron chi connectivity index (χ1n) is 4.83. The Labute approximate surface area is 90.4 Å². The highest BCUT2D eigenvalue weighted by molar-refractivity contribution is 5.74. The number of nitrogens with zero attached hydrogens (tertiary/aromatic N) is 1. The van der Waals surface area contributed by atoms with Gasteiger partial charge in [0.1, 0.15) is 0 Å². The first kappa shape index (κ1) is 11.4. The van der Waals surface area contributed by atoms with Crippen molar-refractivity contribution >= 4 is 17.3 Å². The summed E-state index contributed by atoms with van der Waals surface area (Å²) in [4.78, 5) is 14.1. The normalized spacial score (nSPS) is 9.60. The molecule has 0 amide bonds. The van der Waals surface area contributed by atoms with Gasteiger partial charge in [-0.05, 0) is 49.9 Å². The van der Waals surface area contributed by atoms with E-state index < -0.39 is 0 Å². The number of carbonyl (C=O) groups excluding carboxylic acids is 1. The summed E-state index contributed by atoms with van der Waals surface area (Å²) in [6, 6.07) is 2.02. The van der Waals surface area contributed by atoms with E-state index in [0.29, 0.717) is 5.69 Å². The molecule has 0 saturated carbocycles. The van der Waals surface area contributed by atoms with Gasteiger partial charge in [0.2, 0.25) is 6.08 Å².